The van der Waals surface area contributed by atoms with Crippen LogP contribution in [-0.4, -0.2) is 30.1 Å². The van der Waals surface area contributed by atoms with Gasteiger partial charge in [0, 0.05) is 11.6 Å². The van der Waals surface area contributed by atoms with Crippen LogP contribution in [0, 0.1) is 0 Å². The van der Waals surface area contributed by atoms with Crippen molar-refractivity contribution in [1.82, 2.24) is 14.9 Å². The van der Waals surface area contributed by atoms with Crippen molar-refractivity contribution in [3.05, 3.63) is 70.8 Å². The van der Waals surface area contributed by atoms with Crippen LogP contribution in [0.15, 0.2) is 69.0 Å². The minimum absolute atomic E-state index is 0.107. The van der Waals surface area contributed by atoms with Crippen LogP contribution in [-0.2, 0) is 21.2 Å². The van der Waals surface area contributed by atoms with Crippen LogP contribution in [0.4, 0.5) is 0 Å². The van der Waals surface area contributed by atoms with Crippen molar-refractivity contribution in [2.75, 3.05) is 6.26 Å². The average Bonchev–Trinajstić information content (AvgIpc) is 3.09. The summed E-state index contributed by atoms with van der Waals surface area (Å²) < 4.78 is 29.9. The van der Waals surface area contributed by atoms with Gasteiger partial charge in [0.15, 0.2) is 9.84 Å². The Morgan fingerprint density at radius 2 is 1.87 bits per heavy atom. The molecule has 4 rings (SSSR count). The van der Waals surface area contributed by atoms with Gasteiger partial charge in [0.2, 0.25) is 11.5 Å². The summed E-state index contributed by atoms with van der Waals surface area (Å²) in [7, 11) is -3.28. The number of hydrogen-bond acceptors (Lipinski definition) is 6. The standard InChI is InChI=1S/C21H19N3O5S/c1-13(14-7-9-15(10-8-14)30(2,27)28)23-18(25)11-24-12-22-19-16-5-3-4-6-17(16)29-20(19)21(24)26/h3-10,12-13H,11H2,1-2H3,(H,23,25). The molecule has 8 nitrogen and oxygen atoms in total. The van der Waals surface area contributed by atoms with E-state index in [1.54, 1.807) is 31.2 Å². The van der Waals surface area contributed by atoms with Gasteiger partial charge in [-0.15, -0.1) is 0 Å². The number of fused-ring (bicyclic) bond motifs is 3. The number of benzene rings is 2. The predicted molar refractivity (Wildman–Crippen MR) is 112 cm³/mol. The lowest BCUT2D eigenvalue weighted by atomic mass is 10.1. The fourth-order valence-electron chi connectivity index (χ4n) is 3.26. The Morgan fingerprint density at radius 1 is 1.17 bits per heavy atom. The van der Waals surface area contributed by atoms with Crippen molar-refractivity contribution >= 4 is 37.8 Å². The van der Waals surface area contributed by atoms with Gasteiger partial charge in [-0.3, -0.25) is 14.2 Å². The van der Waals surface area contributed by atoms with Gasteiger partial charge in [-0.2, -0.15) is 0 Å². The normalized spacial score (nSPS) is 12.9. The fraction of sp³-hybridized carbons (Fsp3) is 0.190. The number of nitrogens with zero attached hydrogens (tertiary/aromatic N) is 2. The average molecular weight is 425 g/mol. The summed E-state index contributed by atoms with van der Waals surface area (Å²) in [5, 5.41) is 3.54. The van der Waals surface area contributed by atoms with Gasteiger partial charge < -0.3 is 9.73 Å². The van der Waals surface area contributed by atoms with E-state index in [2.05, 4.69) is 10.3 Å². The van der Waals surface area contributed by atoms with E-state index in [0.29, 0.717) is 11.1 Å². The number of sulfone groups is 1. The number of para-hydroxylation sites is 1. The largest absolute Gasteiger partial charge is 0.448 e. The number of nitrogens with one attached hydrogen (secondary N) is 1. The SMILES string of the molecule is CC(NC(=O)Cn1cnc2c(oc3ccccc32)c1=O)c1ccc(S(C)(=O)=O)cc1. The lowest BCUT2D eigenvalue weighted by molar-refractivity contribution is -0.122. The van der Waals surface area contributed by atoms with Crippen LogP contribution >= 0.6 is 0 Å². The van der Waals surface area contributed by atoms with Crippen molar-refractivity contribution in [2.24, 2.45) is 0 Å². The molecular formula is C21H19N3O5S. The van der Waals surface area contributed by atoms with E-state index in [1.165, 1.54) is 23.0 Å². The molecule has 9 heteroatoms. The molecule has 0 aliphatic rings. The third-order valence-electron chi connectivity index (χ3n) is 4.85. The molecule has 0 aliphatic carbocycles. The Morgan fingerprint density at radius 3 is 2.57 bits per heavy atom. The lowest BCUT2D eigenvalue weighted by Gasteiger charge is -2.15. The summed E-state index contributed by atoms with van der Waals surface area (Å²) in [5.74, 6) is -0.381. The highest BCUT2D eigenvalue weighted by Gasteiger charge is 2.16. The zero-order valence-corrected chi connectivity index (χ0v) is 17.1. The van der Waals surface area contributed by atoms with E-state index >= 15 is 0 Å². The first-order valence-electron chi connectivity index (χ1n) is 9.20. The summed E-state index contributed by atoms with van der Waals surface area (Å²) in [6.07, 6.45) is 2.47. The van der Waals surface area contributed by atoms with Crippen molar-refractivity contribution < 1.29 is 17.6 Å². The number of carbonyl (C=O) groups excluding carboxylic acids is 1. The Labute approximate surface area is 172 Å². The van der Waals surface area contributed by atoms with Crippen LogP contribution in [0.3, 0.4) is 0 Å². The van der Waals surface area contributed by atoms with Crippen molar-refractivity contribution in [2.45, 2.75) is 24.4 Å². The smallest absolute Gasteiger partial charge is 0.297 e. The first-order valence-corrected chi connectivity index (χ1v) is 11.1. The van der Waals surface area contributed by atoms with Gasteiger partial charge >= 0.3 is 0 Å². The summed E-state index contributed by atoms with van der Waals surface area (Å²) in [5.41, 5.74) is 1.44. The topological polar surface area (TPSA) is 111 Å². The predicted octanol–water partition coefficient (Wildman–Crippen LogP) is 2.42. The molecule has 0 saturated heterocycles. The van der Waals surface area contributed by atoms with Gasteiger partial charge in [0.25, 0.3) is 5.56 Å². The number of furan rings is 1. The van der Waals surface area contributed by atoms with Gasteiger partial charge in [0.05, 0.1) is 17.3 Å². The fourth-order valence-corrected chi connectivity index (χ4v) is 3.89. The third-order valence-corrected chi connectivity index (χ3v) is 5.98. The second-order valence-corrected chi connectivity index (χ2v) is 9.10. The molecule has 1 amide bonds. The van der Waals surface area contributed by atoms with Crippen LogP contribution in [0.5, 0.6) is 0 Å². The maximum absolute atomic E-state index is 12.7. The second-order valence-electron chi connectivity index (χ2n) is 7.08. The summed E-state index contributed by atoms with van der Waals surface area (Å²) >= 11 is 0. The molecule has 0 spiro atoms. The second kappa shape index (κ2) is 7.42. The highest BCUT2D eigenvalue weighted by Crippen LogP contribution is 2.24. The molecule has 0 radical (unpaired) electrons. The quantitative estimate of drug-likeness (QED) is 0.526. The molecule has 0 bridgehead atoms. The van der Waals surface area contributed by atoms with Crippen LogP contribution in [0.2, 0.25) is 0 Å². The maximum Gasteiger partial charge on any atom is 0.297 e. The molecule has 4 aromatic rings. The number of aromatic nitrogens is 2. The Kier molecular flexibility index (Phi) is 4.90. The lowest BCUT2D eigenvalue weighted by Crippen LogP contribution is -2.33. The van der Waals surface area contributed by atoms with Crippen molar-refractivity contribution in [3.8, 4) is 0 Å². The minimum Gasteiger partial charge on any atom is -0.448 e. The van der Waals surface area contributed by atoms with Gasteiger partial charge in [-0.1, -0.05) is 24.3 Å². The Bertz CT molecular complexity index is 1420. The Hall–Kier alpha value is -3.46. The monoisotopic (exact) mass is 425 g/mol. The molecule has 154 valence electrons. The van der Waals surface area contributed by atoms with E-state index in [1.807, 2.05) is 12.1 Å². The highest BCUT2D eigenvalue weighted by atomic mass is 32.2. The van der Waals surface area contributed by atoms with Crippen LogP contribution < -0.4 is 10.9 Å². The third kappa shape index (κ3) is 3.71. The van der Waals surface area contributed by atoms with E-state index in [-0.39, 0.29) is 29.0 Å². The van der Waals surface area contributed by atoms with Gasteiger partial charge in [-0.05, 0) is 36.8 Å². The summed E-state index contributed by atoms with van der Waals surface area (Å²) in [6.45, 7) is 1.56. The molecule has 0 saturated carbocycles. The molecule has 2 heterocycles. The molecule has 1 N–H and O–H groups in total. The molecule has 1 unspecified atom stereocenters. The van der Waals surface area contributed by atoms with Crippen LogP contribution in [0.25, 0.3) is 22.1 Å². The van der Waals surface area contributed by atoms with Crippen molar-refractivity contribution in [3.63, 3.8) is 0 Å². The molecular weight excluding hydrogens is 406 g/mol. The van der Waals surface area contributed by atoms with E-state index in [0.717, 1.165) is 17.2 Å². The molecule has 0 fully saturated rings. The molecule has 0 aliphatic heterocycles. The first kappa shape index (κ1) is 19.8. The number of rotatable bonds is 5. The van der Waals surface area contributed by atoms with Gasteiger partial charge in [0.1, 0.15) is 17.6 Å². The van der Waals surface area contributed by atoms with Gasteiger partial charge in [-0.25, -0.2) is 13.4 Å². The molecule has 30 heavy (non-hydrogen) atoms. The van der Waals surface area contributed by atoms with E-state index in [9.17, 15) is 18.0 Å². The molecule has 2 aromatic heterocycles. The summed E-state index contributed by atoms with van der Waals surface area (Å²) in [4.78, 5) is 29.7. The first-order chi connectivity index (χ1) is 14.2. The van der Waals surface area contributed by atoms with E-state index < -0.39 is 15.4 Å². The maximum atomic E-state index is 12.7. The molecule has 1 atom stereocenters. The van der Waals surface area contributed by atoms with Crippen LogP contribution in [0.1, 0.15) is 18.5 Å². The number of hydrogen-bond donors (Lipinski definition) is 1. The highest BCUT2D eigenvalue weighted by molar-refractivity contribution is 7.90. The summed E-state index contributed by atoms with van der Waals surface area (Å²) in [6, 6.07) is 13.1. The van der Waals surface area contributed by atoms with Crippen molar-refractivity contribution in [1.29, 1.82) is 0 Å². The Balaban J connectivity index is 1.52. The molecule has 2 aromatic carbocycles. The number of carbonyl (C=O) groups is 1. The zero-order chi connectivity index (χ0) is 21.5. The number of amides is 1. The minimum atomic E-state index is -3.28. The zero-order valence-electron chi connectivity index (χ0n) is 16.3. The van der Waals surface area contributed by atoms with E-state index in [4.69, 9.17) is 4.42 Å².